The van der Waals surface area contributed by atoms with Crippen LogP contribution in [0.15, 0.2) is 30.3 Å². The van der Waals surface area contributed by atoms with Crippen LogP contribution in [0.3, 0.4) is 0 Å². The lowest BCUT2D eigenvalue weighted by molar-refractivity contribution is 0.0957. The van der Waals surface area contributed by atoms with E-state index in [0.717, 1.165) is 21.8 Å². The first kappa shape index (κ1) is 10.3. The van der Waals surface area contributed by atoms with E-state index >= 15 is 0 Å². The Hall–Kier alpha value is -1.85. The Labute approximate surface area is 102 Å². The first-order chi connectivity index (χ1) is 8.29. The molecular weight excluding hydrogens is 236 g/mol. The van der Waals surface area contributed by atoms with E-state index in [0.29, 0.717) is 11.5 Å². The Morgan fingerprint density at radius 1 is 1.35 bits per heavy atom. The van der Waals surface area contributed by atoms with E-state index in [-0.39, 0.29) is 5.91 Å². The fourth-order valence-electron chi connectivity index (χ4n) is 1.91. The number of benzene rings is 1. The number of carbonyl (C=O) groups is 1. The summed E-state index contributed by atoms with van der Waals surface area (Å²) in [6, 6.07) is 9.67. The van der Waals surface area contributed by atoms with Crippen LogP contribution in [-0.2, 0) is 6.61 Å². The molecule has 0 radical (unpaired) electrons. The average Bonchev–Trinajstić information content (AvgIpc) is 2.82. The van der Waals surface area contributed by atoms with Crippen LogP contribution in [-0.4, -0.2) is 5.91 Å². The van der Waals surface area contributed by atoms with Gasteiger partial charge in [0.2, 0.25) is 0 Å². The van der Waals surface area contributed by atoms with E-state index in [1.54, 1.807) is 0 Å². The van der Waals surface area contributed by atoms with Crippen LogP contribution < -0.4 is 16.0 Å². The third-order valence-corrected chi connectivity index (χ3v) is 3.81. The van der Waals surface area contributed by atoms with E-state index in [9.17, 15) is 4.79 Å². The summed E-state index contributed by atoms with van der Waals surface area (Å²) in [6.45, 7) is 0.509. The normalized spacial score (nSPS) is 12.3. The maximum Gasteiger partial charge on any atom is 0.275 e. The van der Waals surface area contributed by atoms with Crippen LogP contribution in [0.4, 0.5) is 0 Å². The molecule has 1 aromatic carbocycles. The van der Waals surface area contributed by atoms with E-state index in [1.807, 2.05) is 30.3 Å². The van der Waals surface area contributed by atoms with Gasteiger partial charge in [-0.05, 0) is 12.1 Å². The molecule has 0 fully saturated rings. The number of carbonyl (C=O) groups excluding carboxylic acids is 1. The smallest absolute Gasteiger partial charge is 0.275 e. The predicted molar refractivity (Wildman–Crippen MR) is 65.7 cm³/mol. The highest BCUT2D eigenvalue weighted by atomic mass is 32.1. The summed E-state index contributed by atoms with van der Waals surface area (Å²) in [4.78, 5) is 13.1. The van der Waals surface area contributed by atoms with Gasteiger partial charge >= 0.3 is 0 Å². The molecule has 0 atom stereocenters. The second kappa shape index (κ2) is 3.87. The summed E-state index contributed by atoms with van der Waals surface area (Å²) in [6.07, 6.45) is 0. The van der Waals surface area contributed by atoms with E-state index < -0.39 is 0 Å². The van der Waals surface area contributed by atoms with E-state index in [1.165, 1.54) is 11.3 Å². The Morgan fingerprint density at radius 2 is 2.18 bits per heavy atom. The molecule has 2 heterocycles. The zero-order valence-electron chi connectivity index (χ0n) is 8.90. The van der Waals surface area contributed by atoms with Gasteiger partial charge in [0.25, 0.3) is 5.91 Å². The molecule has 1 amide bonds. The Kier molecular flexibility index (Phi) is 2.35. The standard InChI is InChI=1S/C12H10N2O2S/c13-14-12(15)10-5-8-7-3-1-2-4-9(7)16-6-11(8)17-10/h1-5H,6,13H2,(H,14,15). The number of thiophene rings is 1. The number of hydrogen-bond donors (Lipinski definition) is 2. The number of nitrogen functional groups attached to an aromatic ring is 1. The molecule has 86 valence electrons. The lowest BCUT2D eigenvalue weighted by Crippen LogP contribution is -2.29. The van der Waals surface area contributed by atoms with Crippen LogP contribution in [0.5, 0.6) is 5.75 Å². The fourth-order valence-corrected chi connectivity index (χ4v) is 2.90. The third kappa shape index (κ3) is 1.60. The number of para-hydroxylation sites is 1. The van der Waals surface area contributed by atoms with Gasteiger partial charge in [0, 0.05) is 11.1 Å². The number of rotatable bonds is 1. The molecule has 0 saturated carbocycles. The predicted octanol–water partition coefficient (Wildman–Crippen LogP) is 1.91. The van der Waals surface area contributed by atoms with Crippen molar-refractivity contribution in [2.75, 3.05) is 0 Å². The average molecular weight is 246 g/mol. The topological polar surface area (TPSA) is 64.3 Å². The molecule has 17 heavy (non-hydrogen) atoms. The largest absolute Gasteiger partial charge is 0.487 e. The minimum atomic E-state index is -0.262. The molecule has 3 rings (SSSR count). The van der Waals surface area contributed by atoms with Gasteiger partial charge < -0.3 is 4.74 Å². The molecule has 1 aromatic heterocycles. The van der Waals surface area contributed by atoms with Crippen molar-refractivity contribution < 1.29 is 9.53 Å². The second-order valence-corrected chi connectivity index (χ2v) is 4.84. The van der Waals surface area contributed by atoms with Crippen molar-refractivity contribution in [2.45, 2.75) is 6.61 Å². The minimum Gasteiger partial charge on any atom is -0.487 e. The molecule has 0 saturated heterocycles. The quantitative estimate of drug-likeness (QED) is 0.459. The zero-order chi connectivity index (χ0) is 11.8. The number of hydrogen-bond acceptors (Lipinski definition) is 4. The van der Waals surface area contributed by atoms with Crippen LogP contribution in [0.2, 0.25) is 0 Å². The van der Waals surface area contributed by atoms with Crippen LogP contribution in [0.1, 0.15) is 14.5 Å². The first-order valence-electron chi connectivity index (χ1n) is 5.15. The number of hydrazine groups is 1. The number of nitrogens with one attached hydrogen (secondary N) is 1. The molecule has 4 nitrogen and oxygen atoms in total. The molecule has 5 heteroatoms. The Balaban J connectivity index is 2.13. The maximum absolute atomic E-state index is 11.5. The third-order valence-electron chi connectivity index (χ3n) is 2.70. The Bertz CT molecular complexity index is 592. The lowest BCUT2D eigenvalue weighted by Gasteiger charge is -2.16. The number of ether oxygens (including phenoxy) is 1. The highest BCUT2D eigenvalue weighted by Crippen LogP contribution is 2.41. The zero-order valence-corrected chi connectivity index (χ0v) is 9.71. The van der Waals surface area contributed by atoms with Crippen molar-refractivity contribution >= 4 is 17.2 Å². The fraction of sp³-hybridized carbons (Fsp3) is 0.0833. The number of fused-ring (bicyclic) bond motifs is 3. The van der Waals surface area contributed by atoms with Crippen LogP contribution in [0.25, 0.3) is 11.1 Å². The summed E-state index contributed by atoms with van der Waals surface area (Å²) in [5.74, 6) is 5.73. The molecule has 1 aliphatic heterocycles. The number of amides is 1. The van der Waals surface area contributed by atoms with Gasteiger partial charge in [-0.1, -0.05) is 18.2 Å². The summed E-state index contributed by atoms with van der Waals surface area (Å²) in [7, 11) is 0. The van der Waals surface area contributed by atoms with Gasteiger partial charge in [0.15, 0.2) is 0 Å². The molecule has 0 unspecified atom stereocenters. The highest BCUT2D eigenvalue weighted by Gasteiger charge is 2.21. The van der Waals surface area contributed by atoms with Crippen molar-refractivity contribution in [3.8, 4) is 16.9 Å². The molecule has 3 N–H and O–H groups in total. The van der Waals surface area contributed by atoms with Gasteiger partial charge in [0.1, 0.15) is 12.4 Å². The molecule has 0 bridgehead atoms. The minimum absolute atomic E-state index is 0.262. The van der Waals surface area contributed by atoms with Crippen LogP contribution in [0, 0.1) is 0 Å². The molecule has 2 aromatic rings. The first-order valence-corrected chi connectivity index (χ1v) is 5.97. The van der Waals surface area contributed by atoms with E-state index in [2.05, 4.69) is 5.43 Å². The summed E-state index contributed by atoms with van der Waals surface area (Å²) in [5.41, 5.74) is 4.24. The van der Waals surface area contributed by atoms with Crippen molar-refractivity contribution in [3.63, 3.8) is 0 Å². The molecule has 0 aliphatic carbocycles. The van der Waals surface area contributed by atoms with Gasteiger partial charge in [-0.15, -0.1) is 11.3 Å². The second-order valence-electron chi connectivity index (χ2n) is 3.71. The van der Waals surface area contributed by atoms with E-state index in [4.69, 9.17) is 10.6 Å². The summed E-state index contributed by atoms with van der Waals surface area (Å²) >= 11 is 1.41. The molecule has 0 spiro atoms. The van der Waals surface area contributed by atoms with Crippen LogP contribution >= 0.6 is 11.3 Å². The highest BCUT2D eigenvalue weighted by molar-refractivity contribution is 7.14. The van der Waals surface area contributed by atoms with Crippen molar-refractivity contribution in [1.29, 1.82) is 0 Å². The van der Waals surface area contributed by atoms with Gasteiger partial charge in [-0.25, -0.2) is 5.84 Å². The molecule has 1 aliphatic rings. The van der Waals surface area contributed by atoms with Crippen molar-refractivity contribution in [3.05, 3.63) is 40.1 Å². The monoisotopic (exact) mass is 246 g/mol. The van der Waals surface area contributed by atoms with Gasteiger partial charge in [-0.2, -0.15) is 0 Å². The van der Waals surface area contributed by atoms with Gasteiger partial charge in [0.05, 0.1) is 9.75 Å². The maximum atomic E-state index is 11.5. The van der Waals surface area contributed by atoms with Gasteiger partial charge in [-0.3, -0.25) is 10.2 Å². The van der Waals surface area contributed by atoms with Crippen molar-refractivity contribution in [1.82, 2.24) is 5.43 Å². The van der Waals surface area contributed by atoms with Crippen molar-refractivity contribution in [2.24, 2.45) is 5.84 Å². The SMILES string of the molecule is NNC(=O)c1cc2c(s1)COc1ccccc1-2. The number of nitrogens with two attached hydrogens (primary N) is 1. The summed E-state index contributed by atoms with van der Waals surface area (Å²) < 4.78 is 5.62. The molecular formula is C12H10N2O2S. The Morgan fingerprint density at radius 3 is 3.00 bits per heavy atom. The lowest BCUT2D eigenvalue weighted by atomic mass is 10.0. The summed E-state index contributed by atoms with van der Waals surface area (Å²) in [5, 5.41) is 0.